The number of aromatic amines is 1. The van der Waals surface area contributed by atoms with Crippen LogP contribution in [-0.4, -0.2) is 101 Å². The number of nitrogens with two attached hydrogens (primary N) is 1. The Labute approximate surface area is 271 Å². The van der Waals surface area contributed by atoms with Gasteiger partial charge in [0.25, 0.3) is 11.8 Å². The summed E-state index contributed by atoms with van der Waals surface area (Å²) in [5.41, 5.74) is 1.41. The summed E-state index contributed by atoms with van der Waals surface area (Å²) in [6.45, 7) is 4.86. The molecule has 0 spiro atoms. The van der Waals surface area contributed by atoms with Crippen LogP contribution in [0.1, 0.15) is 19.5 Å². The maximum absolute atomic E-state index is 13.3. The first-order valence-electron chi connectivity index (χ1n) is 13.2. The Morgan fingerprint density at radius 2 is 1.98 bits per heavy atom. The van der Waals surface area contributed by atoms with E-state index in [4.69, 9.17) is 10.8 Å². The molecule has 1 saturated heterocycles. The minimum absolute atomic E-state index is 0.0101. The van der Waals surface area contributed by atoms with Gasteiger partial charge in [-0.15, -0.1) is 16.4 Å². The average Bonchev–Trinajstić information content (AvgIpc) is 3.58. The minimum Gasteiger partial charge on any atom is -0.503 e. The fourth-order valence-electron chi connectivity index (χ4n) is 3.84. The highest BCUT2D eigenvalue weighted by molar-refractivity contribution is 7.88. The highest BCUT2D eigenvalue weighted by atomic mass is 32.2. The number of nitrogens with one attached hydrogen (secondary N) is 3. The normalized spacial score (nSPS) is 15.1. The van der Waals surface area contributed by atoms with Gasteiger partial charge in [-0.05, 0) is 6.58 Å². The number of nitrogen functional groups attached to an aromatic ring is 1. The zero-order chi connectivity index (χ0) is 35.7. The van der Waals surface area contributed by atoms with Crippen molar-refractivity contribution < 1.29 is 47.8 Å². The molecular weight excluding hydrogens is 684 g/mol. The predicted octanol–water partition coefficient (Wildman–Crippen LogP) is -2.69. The second kappa shape index (κ2) is 13.1. The molecule has 0 unspecified atom stereocenters. The highest BCUT2D eigenvalue weighted by Crippen LogP contribution is 2.21. The summed E-state index contributed by atoms with van der Waals surface area (Å²) in [7, 11) is -5.16. The van der Waals surface area contributed by atoms with Crippen LogP contribution in [0, 0.1) is 5.41 Å². The van der Waals surface area contributed by atoms with Crippen LogP contribution in [0.25, 0.3) is 11.5 Å². The number of urea groups is 1. The number of hydrogen-bond acceptors (Lipinski definition) is 16. The molecule has 1 fully saturated rings. The molecule has 4 rings (SSSR count). The molecule has 24 heteroatoms. The molecule has 1 aliphatic heterocycles. The van der Waals surface area contributed by atoms with Gasteiger partial charge in [0, 0.05) is 36.2 Å². The number of H-pyrrole nitrogens is 1. The van der Waals surface area contributed by atoms with Crippen LogP contribution in [0.2, 0.25) is 0 Å². The number of carboxylic acids is 1. The zero-order valence-electron chi connectivity index (χ0n) is 24.7. The number of likely N-dealkylation sites (tertiary alicyclic amines) is 1. The lowest BCUT2D eigenvalue weighted by Crippen LogP contribution is -2.68. The van der Waals surface area contributed by atoms with E-state index >= 15 is 0 Å². The standard InChI is InChI=1S/C24H26N10O12S2/c1-10(20(40)41)46-30-16(13-7-47-21(25)28-13)18(38)27-12-6-32(19(12)39)22(42)31-48(44,45)34-23(43)33(8-24(2,3)9-35)17(29-34)11-4-14(36)15(37)5-26-11/h4-5,7,12,35,37H,1,6,8-9H2,2-3H3,(H2,25,28)(H,26,36)(H,27,38)(H,31,42)(H,40,41)/b30-16-/t12-/m0/s1. The molecule has 48 heavy (non-hydrogen) atoms. The second-order valence-corrected chi connectivity index (χ2v) is 13.1. The van der Waals surface area contributed by atoms with Crippen molar-refractivity contribution in [1.82, 2.24) is 38.7 Å². The van der Waals surface area contributed by atoms with Crippen LogP contribution in [0.4, 0.5) is 9.93 Å². The summed E-state index contributed by atoms with van der Waals surface area (Å²) in [6, 6.07) is -2.07. The quantitative estimate of drug-likeness (QED) is 0.0331. The monoisotopic (exact) mass is 710 g/mol. The van der Waals surface area contributed by atoms with E-state index in [-0.39, 0.29) is 27.2 Å². The zero-order valence-corrected chi connectivity index (χ0v) is 26.4. The van der Waals surface area contributed by atoms with Crippen molar-refractivity contribution in [2.75, 3.05) is 18.9 Å². The molecule has 256 valence electrons. The van der Waals surface area contributed by atoms with Crippen molar-refractivity contribution in [2.45, 2.75) is 26.4 Å². The summed E-state index contributed by atoms with van der Waals surface area (Å²) in [6.07, 6.45) is 0.880. The van der Waals surface area contributed by atoms with E-state index in [0.717, 1.165) is 28.2 Å². The Morgan fingerprint density at radius 3 is 2.54 bits per heavy atom. The molecule has 3 aromatic heterocycles. The van der Waals surface area contributed by atoms with E-state index in [1.807, 2.05) is 0 Å². The van der Waals surface area contributed by atoms with Crippen LogP contribution >= 0.6 is 11.3 Å². The van der Waals surface area contributed by atoms with Crippen LogP contribution in [-0.2, 0) is 36.0 Å². The number of aromatic nitrogens is 5. The van der Waals surface area contributed by atoms with E-state index in [2.05, 4.69) is 37.0 Å². The molecule has 22 nitrogen and oxygen atoms in total. The van der Waals surface area contributed by atoms with Crippen LogP contribution < -0.4 is 26.9 Å². The number of pyridine rings is 1. The molecule has 1 atom stereocenters. The lowest BCUT2D eigenvalue weighted by Gasteiger charge is -2.36. The van der Waals surface area contributed by atoms with Crippen molar-refractivity contribution in [1.29, 1.82) is 0 Å². The summed E-state index contributed by atoms with van der Waals surface area (Å²) < 4.78 is 28.5. The van der Waals surface area contributed by atoms with E-state index in [9.17, 15) is 47.4 Å². The number of aliphatic hydroxyl groups is 1. The third kappa shape index (κ3) is 7.24. The maximum Gasteiger partial charge on any atom is 0.374 e. The van der Waals surface area contributed by atoms with Gasteiger partial charge in [0.2, 0.25) is 11.2 Å². The van der Waals surface area contributed by atoms with Crippen molar-refractivity contribution in [3.05, 3.63) is 56.4 Å². The van der Waals surface area contributed by atoms with Crippen molar-refractivity contribution >= 4 is 56.2 Å². The van der Waals surface area contributed by atoms with Crippen molar-refractivity contribution in [3.8, 4) is 17.3 Å². The first-order chi connectivity index (χ1) is 22.3. The molecule has 3 aromatic rings. The number of anilines is 1. The van der Waals surface area contributed by atoms with Crippen molar-refractivity contribution in [2.24, 2.45) is 10.6 Å². The number of carbonyl (C=O) groups is 4. The van der Waals surface area contributed by atoms with Gasteiger partial charge >= 0.3 is 27.9 Å². The number of oxime groups is 1. The van der Waals surface area contributed by atoms with Gasteiger partial charge in [-0.1, -0.05) is 23.1 Å². The Bertz CT molecular complexity index is 2090. The van der Waals surface area contributed by atoms with E-state index in [0.29, 0.717) is 4.90 Å². The molecule has 0 aliphatic carbocycles. The number of amides is 4. The van der Waals surface area contributed by atoms with Gasteiger partial charge < -0.3 is 36.2 Å². The lowest BCUT2D eigenvalue weighted by molar-refractivity contribution is -0.141. The fraction of sp³-hybridized carbons (Fsp3) is 0.292. The van der Waals surface area contributed by atoms with Crippen LogP contribution in [0.15, 0.2) is 44.7 Å². The molecule has 0 saturated carbocycles. The molecule has 4 heterocycles. The first kappa shape index (κ1) is 35.0. The number of aromatic hydroxyl groups is 1. The number of β-lactam (4-membered cyclic amide) rings is 1. The molecular formula is C24H26N10O12S2. The SMILES string of the molecule is C=C(O/N=C(\C(=O)N[C@H]1CN(C(=O)NS(=O)(=O)n2nc(-c3cc(=O)c(O)c[nH]3)n(CC(C)(C)CO)c2=O)C1=O)c1csc(N)n1)C(=O)O. The second-order valence-electron chi connectivity index (χ2n) is 10.7. The lowest BCUT2D eigenvalue weighted by atomic mass is 9.95. The Balaban J connectivity index is 1.53. The number of aliphatic carboxylic acids is 1. The number of thiazole rings is 1. The van der Waals surface area contributed by atoms with Gasteiger partial charge in [-0.2, -0.15) is 8.42 Å². The average molecular weight is 711 g/mol. The molecule has 1 aliphatic rings. The van der Waals surface area contributed by atoms with E-state index in [1.54, 1.807) is 13.8 Å². The third-order valence-corrected chi connectivity index (χ3v) is 8.17. The number of carboxylic acid groups (broad SMARTS) is 1. The highest BCUT2D eigenvalue weighted by Gasteiger charge is 2.44. The number of imide groups is 1. The molecule has 0 aromatic carbocycles. The van der Waals surface area contributed by atoms with Gasteiger partial charge in [0.05, 0.1) is 12.2 Å². The molecule has 4 amide bonds. The fourth-order valence-corrected chi connectivity index (χ4v) is 5.29. The Morgan fingerprint density at radius 1 is 1.29 bits per heavy atom. The topological polar surface area (TPSA) is 324 Å². The van der Waals surface area contributed by atoms with E-state index < -0.39 is 92.8 Å². The summed E-state index contributed by atoms with van der Waals surface area (Å²) in [5.74, 6) is -5.71. The maximum atomic E-state index is 13.3. The molecule has 0 bridgehead atoms. The number of rotatable bonds is 12. The summed E-state index contributed by atoms with van der Waals surface area (Å²) in [5, 5.41) is 38.9. The van der Waals surface area contributed by atoms with Gasteiger partial charge in [-0.25, -0.2) is 24.1 Å². The molecule has 8 N–H and O–H groups in total. The van der Waals surface area contributed by atoms with Gasteiger partial charge in [-0.3, -0.25) is 23.9 Å². The first-order valence-corrected chi connectivity index (χ1v) is 15.5. The Kier molecular flexibility index (Phi) is 9.54. The van der Waals surface area contributed by atoms with E-state index in [1.165, 1.54) is 10.1 Å². The van der Waals surface area contributed by atoms with Gasteiger partial charge in [0.15, 0.2) is 22.4 Å². The summed E-state index contributed by atoms with van der Waals surface area (Å²) >= 11 is 0.903. The van der Waals surface area contributed by atoms with Crippen LogP contribution in [0.5, 0.6) is 5.75 Å². The summed E-state index contributed by atoms with van der Waals surface area (Å²) in [4.78, 5) is 86.0. The smallest absolute Gasteiger partial charge is 0.374 e. The van der Waals surface area contributed by atoms with Gasteiger partial charge in [0.1, 0.15) is 11.7 Å². The number of hydrogen-bond donors (Lipinski definition) is 7. The third-order valence-electron chi connectivity index (χ3n) is 6.37. The largest absolute Gasteiger partial charge is 0.503 e. The number of nitrogens with zero attached hydrogens (tertiary/aromatic N) is 6. The number of aliphatic hydroxyl groups excluding tert-OH is 1. The minimum atomic E-state index is -5.16. The molecule has 0 radical (unpaired) electrons. The number of carbonyl (C=O) groups excluding carboxylic acids is 3. The van der Waals surface area contributed by atoms with Crippen LogP contribution in [0.3, 0.4) is 0 Å². The van der Waals surface area contributed by atoms with Crippen molar-refractivity contribution in [3.63, 3.8) is 0 Å². The predicted molar refractivity (Wildman–Crippen MR) is 162 cm³/mol. The Hall–Kier alpha value is -5.88.